The van der Waals surface area contributed by atoms with E-state index in [1.165, 1.54) is 6.07 Å². The van der Waals surface area contributed by atoms with Crippen LogP contribution in [-0.4, -0.2) is 16.0 Å². The lowest BCUT2D eigenvalue weighted by molar-refractivity contribution is 0.0944. The molecule has 1 aromatic carbocycles. The van der Waals surface area contributed by atoms with Gasteiger partial charge < -0.3 is 9.26 Å². The second kappa shape index (κ2) is 5.59. The number of nitrogens with two attached hydrogens (primary N) is 1. The maximum Gasteiger partial charge on any atom is 0.287 e. The van der Waals surface area contributed by atoms with Gasteiger partial charge in [0, 0.05) is 23.7 Å². The van der Waals surface area contributed by atoms with E-state index in [1.54, 1.807) is 6.20 Å². The Bertz CT molecular complexity index is 784. The number of hydrazine groups is 1. The van der Waals surface area contributed by atoms with Gasteiger partial charge in [-0.15, -0.1) is 0 Å². The molecule has 0 aliphatic carbocycles. The predicted molar refractivity (Wildman–Crippen MR) is 74.2 cm³/mol. The third-order valence-corrected chi connectivity index (χ3v) is 2.88. The number of nitrogens with one attached hydrogen (secondary N) is 1. The van der Waals surface area contributed by atoms with Crippen molar-refractivity contribution in [1.29, 1.82) is 0 Å². The molecule has 0 atom stereocenters. The summed E-state index contributed by atoms with van der Waals surface area (Å²) in [5.41, 5.74) is 2.93. The van der Waals surface area contributed by atoms with E-state index in [0.717, 1.165) is 10.9 Å². The third-order valence-electron chi connectivity index (χ3n) is 2.88. The summed E-state index contributed by atoms with van der Waals surface area (Å²) in [4.78, 5) is 15.5. The molecule has 0 aliphatic rings. The van der Waals surface area contributed by atoms with Gasteiger partial charge in [0.25, 0.3) is 5.91 Å². The highest BCUT2D eigenvalue weighted by Gasteiger charge is 2.11. The van der Waals surface area contributed by atoms with Crippen LogP contribution in [0, 0.1) is 0 Å². The van der Waals surface area contributed by atoms with Crippen LogP contribution in [0.1, 0.15) is 16.2 Å². The van der Waals surface area contributed by atoms with E-state index in [9.17, 15) is 4.79 Å². The number of carbonyl (C=O) groups excluding carboxylic acids is 1. The summed E-state index contributed by atoms with van der Waals surface area (Å²) in [5.74, 6) is 5.58. The molecule has 2 aromatic heterocycles. The van der Waals surface area contributed by atoms with E-state index < -0.39 is 5.91 Å². The van der Waals surface area contributed by atoms with Gasteiger partial charge in [-0.1, -0.05) is 11.2 Å². The van der Waals surface area contributed by atoms with Gasteiger partial charge in [0.1, 0.15) is 12.4 Å². The molecule has 7 nitrogen and oxygen atoms in total. The van der Waals surface area contributed by atoms with Crippen molar-refractivity contribution < 1.29 is 14.1 Å². The normalized spacial score (nSPS) is 10.5. The van der Waals surface area contributed by atoms with Crippen LogP contribution in [0.5, 0.6) is 5.75 Å². The van der Waals surface area contributed by atoms with Crippen LogP contribution in [0.3, 0.4) is 0 Å². The number of pyridine rings is 1. The molecule has 0 aliphatic heterocycles. The summed E-state index contributed by atoms with van der Waals surface area (Å²) in [6.07, 6.45) is 1.72. The minimum atomic E-state index is -0.514. The molecular weight excluding hydrogens is 272 g/mol. The summed E-state index contributed by atoms with van der Waals surface area (Å²) < 4.78 is 10.6. The number of hydrogen-bond donors (Lipinski definition) is 2. The van der Waals surface area contributed by atoms with Crippen molar-refractivity contribution in [2.24, 2.45) is 5.84 Å². The number of hydrogen-bond acceptors (Lipinski definition) is 6. The molecule has 1 amide bonds. The fraction of sp³-hybridized carbons (Fsp3) is 0.0714. The van der Waals surface area contributed by atoms with Gasteiger partial charge in [-0.3, -0.25) is 15.2 Å². The zero-order valence-corrected chi connectivity index (χ0v) is 10.9. The van der Waals surface area contributed by atoms with Crippen LogP contribution in [0.15, 0.2) is 47.1 Å². The van der Waals surface area contributed by atoms with Gasteiger partial charge >= 0.3 is 0 Å². The van der Waals surface area contributed by atoms with Crippen LogP contribution in [0.25, 0.3) is 10.9 Å². The Morgan fingerprint density at radius 1 is 1.33 bits per heavy atom. The Morgan fingerprint density at radius 3 is 3.10 bits per heavy atom. The monoisotopic (exact) mass is 284 g/mol. The molecule has 2 heterocycles. The van der Waals surface area contributed by atoms with Gasteiger partial charge in [0.05, 0.1) is 5.52 Å². The molecule has 0 saturated carbocycles. The smallest absolute Gasteiger partial charge is 0.287 e. The Balaban J connectivity index is 1.71. The van der Waals surface area contributed by atoms with Gasteiger partial charge in [0.15, 0.2) is 11.5 Å². The summed E-state index contributed by atoms with van der Waals surface area (Å²) in [7, 11) is 0. The lowest BCUT2D eigenvalue weighted by atomic mass is 10.2. The first-order chi connectivity index (χ1) is 10.3. The summed E-state index contributed by atoms with van der Waals surface area (Å²) in [6, 6.07) is 10.9. The van der Waals surface area contributed by atoms with Gasteiger partial charge in [-0.2, -0.15) is 0 Å². The van der Waals surface area contributed by atoms with E-state index in [1.807, 2.05) is 35.8 Å². The highest BCUT2D eigenvalue weighted by atomic mass is 16.5. The predicted octanol–water partition coefficient (Wildman–Crippen LogP) is 1.41. The van der Waals surface area contributed by atoms with Crippen molar-refractivity contribution in [2.45, 2.75) is 6.61 Å². The first-order valence-electron chi connectivity index (χ1n) is 6.20. The number of amides is 1. The highest BCUT2D eigenvalue weighted by molar-refractivity contribution is 5.91. The van der Waals surface area contributed by atoms with Crippen molar-refractivity contribution in [2.75, 3.05) is 0 Å². The number of nitrogen functional groups attached to an aromatic ring is 1. The van der Waals surface area contributed by atoms with Crippen molar-refractivity contribution in [1.82, 2.24) is 15.6 Å². The van der Waals surface area contributed by atoms with Crippen molar-refractivity contribution in [3.05, 3.63) is 54.0 Å². The molecule has 0 radical (unpaired) electrons. The third kappa shape index (κ3) is 2.82. The average Bonchev–Trinajstić information content (AvgIpc) is 3.01. The fourth-order valence-corrected chi connectivity index (χ4v) is 1.85. The summed E-state index contributed by atoms with van der Waals surface area (Å²) in [6.45, 7) is 0.156. The number of rotatable bonds is 4. The maximum atomic E-state index is 11.2. The second-order valence-electron chi connectivity index (χ2n) is 4.30. The number of fused-ring (bicyclic) bond motifs is 1. The van der Waals surface area contributed by atoms with Crippen LogP contribution in [0.2, 0.25) is 0 Å². The van der Waals surface area contributed by atoms with Crippen LogP contribution in [-0.2, 0) is 6.61 Å². The van der Waals surface area contributed by atoms with Crippen molar-refractivity contribution >= 4 is 16.8 Å². The van der Waals surface area contributed by atoms with Gasteiger partial charge in [0.2, 0.25) is 0 Å². The van der Waals surface area contributed by atoms with E-state index in [-0.39, 0.29) is 12.3 Å². The summed E-state index contributed by atoms with van der Waals surface area (Å²) in [5, 5.41) is 4.62. The molecule has 7 heteroatoms. The minimum absolute atomic E-state index is 0.108. The topological polar surface area (TPSA) is 103 Å². The molecule has 0 saturated heterocycles. The average molecular weight is 284 g/mol. The van der Waals surface area contributed by atoms with Crippen LogP contribution in [0.4, 0.5) is 0 Å². The number of carbonyl (C=O) groups is 1. The molecule has 3 N–H and O–H groups in total. The SMILES string of the molecule is NNC(=O)c1cc(COc2ccc3cccnc3c2)on1. The Hall–Kier alpha value is -2.93. The van der Waals surface area contributed by atoms with Crippen LogP contribution < -0.4 is 16.0 Å². The summed E-state index contributed by atoms with van der Waals surface area (Å²) >= 11 is 0. The van der Waals surface area contributed by atoms with Crippen LogP contribution >= 0.6 is 0 Å². The number of benzene rings is 1. The minimum Gasteiger partial charge on any atom is -0.485 e. The fourth-order valence-electron chi connectivity index (χ4n) is 1.85. The molecule has 3 aromatic rings. The van der Waals surface area contributed by atoms with E-state index >= 15 is 0 Å². The lowest BCUT2D eigenvalue weighted by Gasteiger charge is -2.04. The van der Waals surface area contributed by atoms with Crippen molar-refractivity contribution in [3.8, 4) is 5.75 Å². The molecule has 106 valence electrons. The maximum absolute atomic E-state index is 11.2. The molecule has 0 unspecified atom stereocenters. The van der Waals surface area contributed by atoms with E-state index in [4.69, 9.17) is 15.1 Å². The second-order valence-corrected chi connectivity index (χ2v) is 4.30. The Labute approximate surface area is 119 Å². The Kier molecular flexibility index (Phi) is 3.48. The number of ether oxygens (including phenoxy) is 1. The molecular formula is C14H12N4O3. The van der Waals surface area contributed by atoms with Gasteiger partial charge in [-0.25, -0.2) is 5.84 Å². The number of nitrogens with zero attached hydrogens (tertiary/aromatic N) is 2. The zero-order chi connectivity index (χ0) is 14.7. The Morgan fingerprint density at radius 2 is 2.24 bits per heavy atom. The molecule has 0 bridgehead atoms. The standard InChI is InChI=1S/C14H12N4O3/c15-17-14(19)13-7-11(21-18-13)8-20-10-4-3-9-2-1-5-16-12(9)6-10/h1-7H,8,15H2,(H,17,19). The molecule has 0 fully saturated rings. The zero-order valence-electron chi connectivity index (χ0n) is 10.9. The highest BCUT2D eigenvalue weighted by Crippen LogP contribution is 2.19. The van der Waals surface area contributed by atoms with Crippen molar-refractivity contribution in [3.63, 3.8) is 0 Å². The molecule has 21 heavy (non-hydrogen) atoms. The van der Waals surface area contributed by atoms with Gasteiger partial charge in [-0.05, 0) is 18.2 Å². The molecule has 0 spiro atoms. The number of aromatic nitrogens is 2. The van der Waals surface area contributed by atoms with E-state index in [2.05, 4.69) is 10.1 Å². The largest absolute Gasteiger partial charge is 0.485 e. The first-order valence-corrected chi connectivity index (χ1v) is 6.20. The quantitative estimate of drug-likeness (QED) is 0.426. The lowest BCUT2D eigenvalue weighted by Crippen LogP contribution is -2.30. The molecule has 3 rings (SSSR count). The van der Waals surface area contributed by atoms with E-state index in [0.29, 0.717) is 11.5 Å². The first kappa shape index (κ1) is 13.1.